The second-order valence-electron chi connectivity index (χ2n) is 3.77. The first-order valence-electron chi connectivity index (χ1n) is 5.64. The number of nitrogens with one attached hydrogen (secondary N) is 1. The van der Waals surface area contributed by atoms with Crippen molar-refractivity contribution in [1.29, 1.82) is 0 Å². The summed E-state index contributed by atoms with van der Waals surface area (Å²) >= 11 is 0. The van der Waals surface area contributed by atoms with Crippen molar-refractivity contribution < 1.29 is 9.84 Å². The molecule has 86 valence electrons. The summed E-state index contributed by atoms with van der Waals surface area (Å²) < 4.78 is 5.00. The highest BCUT2D eigenvalue weighted by Crippen LogP contribution is 1.98. The number of hydrogen-bond acceptors (Lipinski definition) is 3. The second kappa shape index (κ2) is 11.0. The smallest absolute Gasteiger partial charge is 0.0476 e. The molecule has 0 aromatic rings. The van der Waals surface area contributed by atoms with Gasteiger partial charge in [0.2, 0.25) is 0 Å². The fourth-order valence-corrected chi connectivity index (χ4v) is 1.34. The summed E-state index contributed by atoms with van der Waals surface area (Å²) in [7, 11) is 1.74. The highest BCUT2D eigenvalue weighted by atomic mass is 16.5. The molecule has 0 saturated carbocycles. The van der Waals surface area contributed by atoms with Crippen molar-refractivity contribution in [1.82, 2.24) is 5.32 Å². The van der Waals surface area contributed by atoms with Crippen LogP contribution in [-0.2, 0) is 4.74 Å². The van der Waals surface area contributed by atoms with E-state index < -0.39 is 0 Å². The van der Waals surface area contributed by atoms with Crippen molar-refractivity contribution in [3.8, 4) is 0 Å². The lowest BCUT2D eigenvalue weighted by Gasteiger charge is -2.12. The van der Waals surface area contributed by atoms with Gasteiger partial charge >= 0.3 is 0 Å². The minimum atomic E-state index is 0.331. The normalized spacial score (nSPS) is 13.1. The molecule has 1 unspecified atom stereocenters. The summed E-state index contributed by atoms with van der Waals surface area (Å²) in [5.74, 6) is 0. The lowest BCUT2D eigenvalue weighted by Crippen LogP contribution is -2.28. The SMILES string of the molecule is COCCC(C)NCCCCCCO. The van der Waals surface area contributed by atoms with Gasteiger partial charge in [0.05, 0.1) is 0 Å². The summed E-state index contributed by atoms with van der Waals surface area (Å²) in [5.41, 5.74) is 0. The van der Waals surface area contributed by atoms with Gasteiger partial charge in [0.25, 0.3) is 0 Å². The first-order chi connectivity index (χ1) is 6.81. The monoisotopic (exact) mass is 203 g/mol. The van der Waals surface area contributed by atoms with Crippen molar-refractivity contribution in [2.45, 2.75) is 45.1 Å². The summed E-state index contributed by atoms with van der Waals surface area (Å²) in [6, 6.07) is 0.549. The molecule has 0 aliphatic rings. The second-order valence-corrected chi connectivity index (χ2v) is 3.77. The first-order valence-corrected chi connectivity index (χ1v) is 5.64. The number of hydrogen-bond donors (Lipinski definition) is 2. The maximum atomic E-state index is 8.58. The van der Waals surface area contributed by atoms with Gasteiger partial charge in [-0.15, -0.1) is 0 Å². The van der Waals surface area contributed by atoms with E-state index in [4.69, 9.17) is 9.84 Å². The van der Waals surface area contributed by atoms with Crippen LogP contribution in [0.25, 0.3) is 0 Å². The van der Waals surface area contributed by atoms with Crippen LogP contribution in [0.1, 0.15) is 39.0 Å². The van der Waals surface area contributed by atoms with Crippen molar-refractivity contribution in [3.05, 3.63) is 0 Å². The van der Waals surface area contributed by atoms with E-state index >= 15 is 0 Å². The topological polar surface area (TPSA) is 41.5 Å². The van der Waals surface area contributed by atoms with Gasteiger partial charge in [0.1, 0.15) is 0 Å². The quantitative estimate of drug-likeness (QED) is 0.529. The molecule has 0 radical (unpaired) electrons. The molecular formula is C11H25NO2. The van der Waals surface area contributed by atoms with E-state index in [0.717, 1.165) is 32.4 Å². The molecule has 0 aliphatic carbocycles. The fourth-order valence-electron chi connectivity index (χ4n) is 1.34. The molecule has 0 bridgehead atoms. The van der Waals surface area contributed by atoms with Crippen LogP contribution >= 0.6 is 0 Å². The van der Waals surface area contributed by atoms with Crippen molar-refractivity contribution in [2.75, 3.05) is 26.9 Å². The first kappa shape index (κ1) is 13.9. The third kappa shape index (κ3) is 9.96. The third-order valence-electron chi connectivity index (χ3n) is 2.33. The molecule has 0 aromatic carbocycles. The van der Waals surface area contributed by atoms with Crippen LogP contribution in [0.5, 0.6) is 0 Å². The number of aliphatic hydroxyl groups excluding tert-OH is 1. The molecule has 0 heterocycles. The van der Waals surface area contributed by atoms with Gasteiger partial charge in [-0.2, -0.15) is 0 Å². The van der Waals surface area contributed by atoms with Gasteiger partial charge in [-0.25, -0.2) is 0 Å². The maximum absolute atomic E-state index is 8.58. The van der Waals surface area contributed by atoms with Gasteiger partial charge in [-0.1, -0.05) is 12.8 Å². The van der Waals surface area contributed by atoms with E-state index in [0.29, 0.717) is 12.6 Å². The van der Waals surface area contributed by atoms with Gasteiger partial charge in [-0.05, 0) is 32.7 Å². The van der Waals surface area contributed by atoms with Crippen molar-refractivity contribution >= 4 is 0 Å². The van der Waals surface area contributed by atoms with Crippen LogP contribution < -0.4 is 5.32 Å². The minimum absolute atomic E-state index is 0.331. The number of unbranched alkanes of at least 4 members (excludes halogenated alkanes) is 3. The molecule has 1 atom stereocenters. The third-order valence-corrected chi connectivity index (χ3v) is 2.33. The van der Waals surface area contributed by atoms with Crippen LogP contribution in [0, 0.1) is 0 Å². The van der Waals surface area contributed by atoms with Crippen LogP contribution in [0.3, 0.4) is 0 Å². The molecule has 0 amide bonds. The lowest BCUT2D eigenvalue weighted by atomic mass is 10.2. The molecule has 3 nitrogen and oxygen atoms in total. The van der Waals surface area contributed by atoms with Crippen LogP contribution in [0.15, 0.2) is 0 Å². The van der Waals surface area contributed by atoms with E-state index in [9.17, 15) is 0 Å². The molecule has 0 spiro atoms. The molecule has 0 fully saturated rings. The van der Waals surface area contributed by atoms with Crippen LogP contribution in [0.4, 0.5) is 0 Å². The largest absolute Gasteiger partial charge is 0.396 e. The standard InChI is InChI=1S/C11H25NO2/c1-11(7-10-14-2)12-8-5-3-4-6-9-13/h11-13H,3-10H2,1-2H3. The maximum Gasteiger partial charge on any atom is 0.0476 e. The predicted molar refractivity (Wildman–Crippen MR) is 59.5 cm³/mol. The molecule has 14 heavy (non-hydrogen) atoms. The van der Waals surface area contributed by atoms with Crippen molar-refractivity contribution in [2.24, 2.45) is 0 Å². The molecule has 0 aromatic heterocycles. The van der Waals surface area contributed by atoms with Gasteiger partial charge < -0.3 is 15.2 Å². The predicted octanol–water partition coefficient (Wildman–Crippen LogP) is 1.55. The Balaban J connectivity index is 3.02. The Morgan fingerprint density at radius 2 is 1.93 bits per heavy atom. The Hall–Kier alpha value is -0.120. The van der Waals surface area contributed by atoms with Gasteiger partial charge in [0, 0.05) is 26.4 Å². The highest BCUT2D eigenvalue weighted by Gasteiger charge is 1.99. The summed E-state index contributed by atoms with van der Waals surface area (Å²) in [5, 5.41) is 12.0. The summed E-state index contributed by atoms with van der Waals surface area (Å²) in [6.07, 6.45) is 5.58. The highest BCUT2D eigenvalue weighted by molar-refractivity contribution is 4.59. The number of ether oxygens (including phenoxy) is 1. The Labute approximate surface area is 87.8 Å². The van der Waals surface area contributed by atoms with E-state index in [1.165, 1.54) is 12.8 Å². The molecule has 3 heteroatoms. The van der Waals surface area contributed by atoms with Gasteiger partial charge in [-0.3, -0.25) is 0 Å². The Kier molecular flexibility index (Phi) is 10.9. The molecule has 0 aliphatic heterocycles. The van der Waals surface area contributed by atoms with E-state index in [-0.39, 0.29) is 0 Å². The van der Waals surface area contributed by atoms with E-state index in [2.05, 4.69) is 12.2 Å². The number of aliphatic hydroxyl groups is 1. The Morgan fingerprint density at radius 3 is 2.57 bits per heavy atom. The van der Waals surface area contributed by atoms with Gasteiger partial charge in [0.15, 0.2) is 0 Å². The van der Waals surface area contributed by atoms with E-state index in [1.54, 1.807) is 7.11 Å². The van der Waals surface area contributed by atoms with Crippen LogP contribution in [0.2, 0.25) is 0 Å². The lowest BCUT2D eigenvalue weighted by molar-refractivity contribution is 0.185. The Bertz CT molecular complexity index is 109. The summed E-state index contributed by atoms with van der Waals surface area (Å²) in [6.45, 7) is 4.43. The Morgan fingerprint density at radius 1 is 1.21 bits per heavy atom. The average molecular weight is 203 g/mol. The average Bonchev–Trinajstić information content (AvgIpc) is 2.20. The van der Waals surface area contributed by atoms with E-state index in [1.807, 2.05) is 0 Å². The van der Waals surface area contributed by atoms with Crippen LogP contribution in [-0.4, -0.2) is 38.0 Å². The summed E-state index contributed by atoms with van der Waals surface area (Å²) in [4.78, 5) is 0. The molecule has 0 rings (SSSR count). The zero-order valence-electron chi connectivity index (χ0n) is 9.59. The number of methoxy groups -OCH3 is 1. The minimum Gasteiger partial charge on any atom is -0.396 e. The fraction of sp³-hybridized carbons (Fsp3) is 1.00. The zero-order chi connectivity index (χ0) is 10.6. The molecule has 2 N–H and O–H groups in total. The molecule has 0 saturated heterocycles. The van der Waals surface area contributed by atoms with Crippen molar-refractivity contribution in [3.63, 3.8) is 0 Å². The zero-order valence-corrected chi connectivity index (χ0v) is 9.59. The molecular weight excluding hydrogens is 178 g/mol. The number of rotatable bonds is 10.